The SMILES string of the molecule is CN=C(NCC1CCCN1C)NC1CCN(c2ccccc2Br)C1.I. The van der Waals surface area contributed by atoms with Crippen LogP contribution < -0.4 is 15.5 Å². The molecule has 0 amide bonds. The van der Waals surface area contributed by atoms with Crippen molar-refractivity contribution >= 4 is 51.6 Å². The smallest absolute Gasteiger partial charge is 0.191 e. The Morgan fingerprint density at radius 3 is 2.76 bits per heavy atom. The van der Waals surface area contributed by atoms with Gasteiger partial charge in [0, 0.05) is 43.2 Å². The normalized spacial score (nSPS) is 24.3. The number of halogens is 2. The number of anilines is 1. The maximum Gasteiger partial charge on any atom is 0.191 e. The summed E-state index contributed by atoms with van der Waals surface area (Å²) in [6.07, 6.45) is 3.71. The van der Waals surface area contributed by atoms with E-state index in [1.54, 1.807) is 0 Å². The van der Waals surface area contributed by atoms with Gasteiger partial charge < -0.3 is 20.4 Å². The minimum absolute atomic E-state index is 0. The van der Waals surface area contributed by atoms with Gasteiger partial charge in [0.25, 0.3) is 0 Å². The fourth-order valence-corrected chi connectivity index (χ4v) is 4.18. The van der Waals surface area contributed by atoms with Crippen molar-refractivity contribution in [1.82, 2.24) is 15.5 Å². The maximum absolute atomic E-state index is 4.40. The summed E-state index contributed by atoms with van der Waals surface area (Å²) in [5.74, 6) is 0.925. The number of nitrogens with zero attached hydrogens (tertiary/aromatic N) is 3. The summed E-state index contributed by atoms with van der Waals surface area (Å²) >= 11 is 3.66. The van der Waals surface area contributed by atoms with Gasteiger partial charge in [-0.1, -0.05) is 12.1 Å². The molecule has 25 heavy (non-hydrogen) atoms. The van der Waals surface area contributed by atoms with Crippen LogP contribution in [0, 0.1) is 0 Å². The summed E-state index contributed by atoms with van der Waals surface area (Å²) in [5, 5.41) is 7.09. The van der Waals surface area contributed by atoms with Gasteiger partial charge in [0.2, 0.25) is 0 Å². The highest BCUT2D eigenvalue weighted by Crippen LogP contribution is 2.28. The van der Waals surface area contributed by atoms with Crippen molar-refractivity contribution in [2.75, 3.05) is 45.2 Å². The van der Waals surface area contributed by atoms with Crippen molar-refractivity contribution < 1.29 is 0 Å². The molecule has 0 aliphatic carbocycles. The Kier molecular flexibility index (Phi) is 8.28. The van der Waals surface area contributed by atoms with E-state index in [9.17, 15) is 0 Å². The Balaban J connectivity index is 0.00000225. The van der Waals surface area contributed by atoms with Crippen LogP contribution in [-0.2, 0) is 0 Å². The second-order valence-electron chi connectivity index (χ2n) is 6.76. The molecule has 2 aliphatic heterocycles. The van der Waals surface area contributed by atoms with E-state index in [0.717, 1.165) is 36.5 Å². The first-order chi connectivity index (χ1) is 11.7. The first kappa shape index (κ1) is 20.8. The van der Waals surface area contributed by atoms with Gasteiger partial charge in [-0.05, 0) is 60.9 Å². The lowest BCUT2D eigenvalue weighted by atomic mass is 10.2. The third kappa shape index (κ3) is 5.47. The molecule has 1 aromatic carbocycles. The Hall–Kier alpha value is -0.540. The van der Waals surface area contributed by atoms with E-state index in [0.29, 0.717) is 12.1 Å². The van der Waals surface area contributed by atoms with E-state index in [1.165, 1.54) is 25.1 Å². The minimum atomic E-state index is 0. The summed E-state index contributed by atoms with van der Waals surface area (Å²) in [7, 11) is 4.07. The van der Waals surface area contributed by atoms with E-state index >= 15 is 0 Å². The fourth-order valence-electron chi connectivity index (χ4n) is 3.64. The standard InChI is InChI=1S/C18H28BrN5.HI/c1-20-18(21-12-15-6-5-10-23(15)2)22-14-9-11-24(13-14)17-8-4-3-7-16(17)19;/h3-4,7-8,14-15H,5-6,9-13H2,1-2H3,(H2,20,21,22);1H. The molecule has 0 saturated carbocycles. The quantitative estimate of drug-likeness (QED) is 0.363. The largest absolute Gasteiger partial charge is 0.368 e. The predicted molar refractivity (Wildman–Crippen MR) is 120 cm³/mol. The summed E-state index contributed by atoms with van der Waals surface area (Å²) < 4.78 is 1.16. The minimum Gasteiger partial charge on any atom is -0.368 e. The van der Waals surface area contributed by atoms with Gasteiger partial charge in [-0.25, -0.2) is 0 Å². The third-order valence-electron chi connectivity index (χ3n) is 5.12. The van der Waals surface area contributed by atoms with Crippen LogP contribution in [0.1, 0.15) is 19.3 Å². The molecule has 3 rings (SSSR count). The van der Waals surface area contributed by atoms with Crippen LogP contribution in [0.15, 0.2) is 33.7 Å². The van der Waals surface area contributed by atoms with Crippen molar-refractivity contribution in [1.29, 1.82) is 0 Å². The van der Waals surface area contributed by atoms with Gasteiger partial charge in [0.05, 0.1) is 5.69 Å². The van der Waals surface area contributed by atoms with Crippen LogP contribution in [-0.4, -0.2) is 63.2 Å². The molecule has 0 bridgehead atoms. The lowest BCUT2D eigenvalue weighted by molar-refractivity contribution is 0.309. The van der Waals surface area contributed by atoms with Gasteiger partial charge in [-0.2, -0.15) is 0 Å². The van der Waals surface area contributed by atoms with E-state index in [4.69, 9.17) is 0 Å². The number of hydrogen-bond acceptors (Lipinski definition) is 3. The highest BCUT2D eigenvalue weighted by Gasteiger charge is 2.25. The van der Waals surface area contributed by atoms with Crippen molar-refractivity contribution in [2.45, 2.75) is 31.3 Å². The molecule has 1 aromatic rings. The molecular weight excluding hydrogens is 493 g/mol. The van der Waals surface area contributed by atoms with E-state index in [-0.39, 0.29) is 24.0 Å². The first-order valence-electron chi connectivity index (χ1n) is 8.84. The Morgan fingerprint density at radius 1 is 1.28 bits per heavy atom. The lowest BCUT2D eigenvalue weighted by Gasteiger charge is -2.23. The molecule has 2 N–H and O–H groups in total. The topological polar surface area (TPSA) is 42.9 Å². The summed E-state index contributed by atoms with van der Waals surface area (Å²) in [6.45, 7) is 4.26. The molecule has 2 aliphatic rings. The second-order valence-corrected chi connectivity index (χ2v) is 7.61. The van der Waals surface area contributed by atoms with Crippen molar-refractivity contribution in [3.8, 4) is 0 Å². The van der Waals surface area contributed by atoms with E-state index in [2.05, 4.69) is 72.7 Å². The van der Waals surface area contributed by atoms with Crippen LogP contribution in [0.5, 0.6) is 0 Å². The summed E-state index contributed by atoms with van der Waals surface area (Å²) in [5.41, 5.74) is 1.28. The van der Waals surface area contributed by atoms with E-state index < -0.39 is 0 Å². The molecule has 0 radical (unpaired) electrons. The molecule has 7 heteroatoms. The molecule has 0 aromatic heterocycles. The summed E-state index contributed by atoms with van der Waals surface area (Å²) in [4.78, 5) is 9.27. The fraction of sp³-hybridized carbons (Fsp3) is 0.611. The molecule has 2 unspecified atom stereocenters. The van der Waals surface area contributed by atoms with Crippen LogP contribution in [0.2, 0.25) is 0 Å². The van der Waals surface area contributed by atoms with Gasteiger partial charge in [-0.15, -0.1) is 24.0 Å². The van der Waals surface area contributed by atoms with Crippen LogP contribution in [0.25, 0.3) is 0 Å². The zero-order chi connectivity index (χ0) is 16.9. The number of rotatable bonds is 4. The average molecular weight is 522 g/mol. The number of benzene rings is 1. The first-order valence-corrected chi connectivity index (χ1v) is 9.63. The molecule has 5 nitrogen and oxygen atoms in total. The zero-order valence-corrected chi connectivity index (χ0v) is 19.0. The lowest BCUT2D eigenvalue weighted by Crippen LogP contribution is -2.48. The Morgan fingerprint density at radius 2 is 2.08 bits per heavy atom. The van der Waals surface area contributed by atoms with Crippen LogP contribution in [0.4, 0.5) is 5.69 Å². The number of guanidine groups is 1. The molecule has 2 fully saturated rings. The highest BCUT2D eigenvalue weighted by molar-refractivity contribution is 14.0. The van der Waals surface area contributed by atoms with Crippen LogP contribution >= 0.6 is 39.9 Å². The number of aliphatic imine (C=N–C) groups is 1. The van der Waals surface area contributed by atoms with E-state index in [1.807, 2.05) is 7.05 Å². The Labute approximate surface area is 176 Å². The van der Waals surface area contributed by atoms with Crippen molar-refractivity contribution in [2.24, 2.45) is 4.99 Å². The van der Waals surface area contributed by atoms with Gasteiger partial charge in [0.1, 0.15) is 0 Å². The number of likely N-dealkylation sites (N-methyl/N-ethyl adjacent to an activating group) is 1. The number of para-hydroxylation sites is 1. The second kappa shape index (κ2) is 9.97. The van der Waals surface area contributed by atoms with Crippen molar-refractivity contribution in [3.63, 3.8) is 0 Å². The van der Waals surface area contributed by atoms with Crippen molar-refractivity contribution in [3.05, 3.63) is 28.7 Å². The zero-order valence-electron chi connectivity index (χ0n) is 15.0. The molecule has 0 spiro atoms. The summed E-state index contributed by atoms with van der Waals surface area (Å²) in [6, 6.07) is 9.50. The van der Waals surface area contributed by atoms with Crippen LogP contribution in [0.3, 0.4) is 0 Å². The molecular formula is C18H29BrIN5. The predicted octanol–water partition coefficient (Wildman–Crippen LogP) is 2.91. The van der Waals surface area contributed by atoms with Gasteiger partial charge in [0.15, 0.2) is 5.96 Å². The monoisotopic (exact) mass is 521 g/mol. The average Bonchev–Trinajstić information content (AvgIpc) is 3.21. The number of hydrogen-bond donors (Lipinski definition) is 2. The maximum atomic E-state index is 4.40. The number of nitrogens with one attached hydrogen (secondary N) is 2. The highest BCUT2D eigenvalue weighted by atomic mass is 127. The molecule has 2 heterocycles. The molecule has 140 valence electrons. The van der Waals surface area contributed by atoms with Gasteiger partial charge >= 0.3 is 0 Å². The molecule has 2 atom stereocenters. The molecule has 2 saturated heterocycles. The third-order valence-corrected chi connectivity index (χ3v) is 5.79. The number of likely N-dealkylation sites (tertiary alicyclic amines) is 1. The van der Waals surface area contributed by atoms with Gasteiger partial charge in [-0.3, -0.25) is 4.99 Å². The Bertz CT molecular complexity index is 582.